The van der Waals surface area contributed by atoms with Gasteiger partial charge in [0.1, 0.15) is 4.88 Å². The molecule has 23 heavy (non-hydrogen) atoms. The number of esters is 1. The lowest BCUT2D eigenvalue weighted by atomic mass is 10.1. The van der Waals surface area contributed by atoms with Crippen molar-refractivity contribution in [1.82, 2.24) is 4.57 Å². The summed E-state index contributed by atoms with van der Waals surface area (Å²) in [5, 5.41) is 9.31. The molecule has 124 valence electrons. The molecule has 1 N–H and O–H groups in total. The van der Waals surface area contributed by atoms with Gasteiger partial charge in [-0.3, -0.25) is 0 Å². The molecule has 5 nitrogen and oxygen atoms in total. The molecule has 0 atom stereocenters. The van der Waals surface area contributed by atoms with Gasteiger partial charge in [0.2, 0.25) is 0 Å². The van der Waals surface area contributed by atoms with E-state index in [0.29, 0.717) is 22.8 Å². The second-order valence-electron chi connectivity index (χ2n) is 5.23. The molecule has 2 rings (SSSR count). The van der Waals surface area contributed by atoms with E-state index < -0.39 is 0 Å². The quantitative estimate of drug-likeness (QED) is 0.855. The highest BCUT2D eigenvalue weighted by Crippen LogP contribution is 2.22. The van der Waals surface area contributed by atoms with Crippen LogP contribution < -0.4 is 4.80 Å². The summed E-state index contributed by atoms with van der Waals surface area (Å²) in [7, 11) is 0. The molecule has 0 radical (unpaired) electrons. The van der Waals surface area contributed by atoms with Crippen LogP contribution in [0.2, 0.25) is 0 Å². The first kappa shape index (κ1) is 17.4. The molecule has 0 saturated carbocycles. The molecule has 1 aromatic carbocycles. The minimum Gasteiger partial charge on any atom is -0.462 e. The van der Waals surface area contributed by atoms with Gasteiger partial charge in [-0.15, -0.1) is 0 Å². The summed E-state index contributed by atoms with van der Waals surface area (Å²) in [6.45, 7) is 8.41. The molecule has 6 heteroatoms. The number of aliphatic hydroxyl groups is 1. The Morgan fingerprint density at radius 2 is 2.09 bits per heavy atom. The van der Waals surface area contributed by atoms with E-state index in [2.05, 4.69) is 0 Å². The van der Waals surface area contributed by atoms with E-state index in [4.69, 9.17) is 9.73 Å². The Hall–Kier alpha value is -1.92. The van der Waals surface area contributed by atoms with Crippen molar-refractivity contribution in [1.29, 1.82) is 0 Å². The Morgan fingerprint density at radius 1 is 1.35 bits per heavy atom. The topological polar surface area (TPSA) is 63.8 Å². The highest BCUT2D eigenvalue weighted by Gasteiger charge is 2.17. The molecule has 0 bridgehead atoms. The molecule has 0 aliphatic carbocycles. The number of aryl methyl sites for hydroxylation is 1. The third kappa shape index (κ3) is 3.71. The first-order chi connectivity index (χ1) is 11.0. The number of carbonyl (C=O) groups excluding carboxylic acids is 1. The van der Waals surface area contributed by atoms with Crippen LogP contribution in [-0.4, -0.2) is 28.9 Å². The van der Waals surface area contributed by atoms with E-state index in [1.165, 1.54) is 16.9 Å². The fourth-order valence-electron chi connectivity index (χ4n) is 2.28. The highest BCUT2D eigenvalue weighted by atomic mass is 32.1. The van der Waals surface area contributed by atoms with Crippen LogP contribution in [0.5, 0.6) is 0 Å². The van der Waals surface area contributed by atoms with Crippen molar-refractivity contribution in [2.45, 2.75) is 34.2 Å². The maximum atomic E-state index is 12.1. The van der Waals surface area contributed by atoms with Gasteiger partial charge in [-0.1, -0.05) is 23.5 Å². The van der Waals surface area contributed by atoms with Gasteiger partial charge in [0.25, 0.3) is 0 Å². The Morgan fingerprint density at radius 3 is 2.74 bits per heavy atom. The van der Waals surface area contributed by atoms with Crippen molar-refractivity contribution in [2.24, 2.45) is 4.99 Å². The summed E-state index contributed by atoms with van der Waals surface area (Å²) in [6.07, 6.45) is 0. The number of carbonyl (C=O) groups is 1. The van der Waals surface area contributed by atoms with Crippen molar-refractivity contribution >= 4 is 23.0 Å². The Balaban J connectivity index is 2.61. The first-order valence-electron chi connectivity index (χ1n) is 7.58. The molecular formula is C17H22N2O3S. The van der Waals surface area contributed by atoms with Crippen LogP contribution in [0, 0.1) is 20.8 Å². The molecule has 1 aromatic heterocycles. The van der Waals surface area contributed by atoms with E-state index in [9.17, 15) is 9.90 Å². The number of aliphatic hydroxyl groups excluding tert-OH is 1. The van der Waals surface area contributed by atoms with Crippen molar-refractivity contribution in [3.8, 4) is 0 Å². The molecule has 0 fully saturated rings. The molecule has 0 saturated heterocycles. The van der Waals surface area contributed by atoms with Crippen LogP contribution in [0.15, 0.2) is 23.2 Å². The summed E-state index contributed by atoms with van der Waals surface area (Å²) < 4.78 is 6.96. The number of aromatic nitrogens is 1. The van der Waals surface area contributed by atoms with E-state index in [0.717, 1.165) is 16.9 Å². The van der Waals surface area contributed by atoms with E-state index >= 15 is 0 Å². The molecule has 1 heterocycles. The van der Waals surface area contributed by atoms with Crippen LogP contribution in [0.1, 0.15) is 33.4 Å². The largest absolute Gasteiger partial charge is 0.462 e. The summed E-state index contributed by atoms with van der Waals surface area (Å²) in [4.78, 5) is 18.0. The van der Waals surface area contributed by atoms with Gasteiger partial charge in [0, 0.05) is 12.2 Å². The monoisotopic (exact) mass is 334 g/mol. The van der Waals surface area contributed by atoms with Gasteiger partial charge in [-0.05, 0) is 44.9 Å². The maximum absolute atomic E-state index is 12.1. The van der Waals surface area contributed by atoms with Gasteiger partial charge >= 0.3 is 5.97 Å². The Kier molecular flexibility index (Phi) is 5.74. The van der Waals surface area contributed by atoms with E-state index in [1.807, 2.05) is 43.5 Å². The van der Waals surface area contributed by atoms with Crippen LogP contribution in [0.3, 0.4) is 0 Å². The van der Waals surface area contributed by atoms with Gasteiger partial charge < -0.3 is 14.4 Å². The van der Waals surface area contributed by atoms with Gasteiger partial charge in [-0.25, -0.2) is 9.79 Å². The lowest BCUT2D eigenvalue weighted by Gasteiger charge is -2.06. The third-order valence-electron chi connectivity index (χ3n) is 3.73. The zero-order valence-electron chi connectivity index (χ0n) is 13.9. The zero-order valence-corrected chi connectivity index (χ0v) is 14.7. The van der Waals surface area contributed by atoms with Crippen molar-refractivity contribution in [2.75, 3.05) is 13.2 Å². The fraction of sp³-hybridized carbons (Fsp3) is 0.412. The number of nitrogens with zero attached hydrogens (tertiary/aromatic N) is 2. The maximum Gasteiger partial charge on any atom is 0.350 e. The number of thiazole rings is 1. The minimum atomic E-state index is -0.343. The summed E-state index contributed by atoms with van der Waals surface area (Å²) >= 11 is 1.29. The first-order valence-corrected chi connectivity index (χ1v) is 8.40. The molecular weight excluding hydrogens is 312 g/mol. The second kappa shape index (κ2) is 7.57. The van der Waals surface area contributed by atoms with Crippen molar-refractivity contribution in [3.05, 3.63) is 44.7 Å². The number of benzene rings is 1. The molecule has 0 aliphatic heterocycles. The summed E-state index contributed by atoms with van der Waals surface area (Å²) in [5.41, 5.74) is 3.91. The lowest BCUT2D eigenvalue weighted by molar-refractivity contribution is 0.0530. The molecule has 0 aliphatic rings. The van der Waals surface area contributed by atoms with Gasteiger partial charge in [-0.2, -0.15) is 0 Å². The van der Waals surface area contributed by atoms with Crippen molar-refractivity contribution < 1.29 is 14.6 Å². The molecule has 0 spiro atoms. The van der Waals surface area contributed by atoms with Crippen molar-refractivity contribution in [3.63, 3.8) is 0 Å². The second-order valence-corrected chi connectivity index (χ2v) is 6.20. The lowest BCUT2D eigenvalue weighted by Crippen LogP contribution is -2.18. The normalized spacial score (nSPS) is 11.8. The van der Waals surface area contributed by atoms with Crippen LogP contribution in [-0.2, 0) is 11.3 Å². The zero-order chi connectivity index (χ0) is 17.0. The molecule has 0 amide bonds. The predicted molar refractivity (Wildman–Crippen MR) is 91.2 cm³/mol. The van der Waals surface area contributed by atoms with Gasteiger partial charge in [0.15, 0.2) is 4.80 Å². The van der Waals surface area contributed by atoms with Crippen LogP contribution in [0.4, 0.5) is 5.69 Å². The summed E-state index contributed by atoms with van der Waals surface area (Å²) in [5.74, 6) is -0.343. The predicted octanol–water partition coefficient (Wildman–Crippen LogP) is 2.88. The Bertz CT molecular complexity index is 775. The number of hydrogen-bond donors (Lipinski definition) is 1. The standard InChI is InChI=1S/C17H22N2O3S/c1-5-22-16(21)15-13(4)19(9-10-20)17(23-15)18-14-8-6-7-11(2)12(14)3/h6-8,20H,5,9-10H2,1-4H3. The smallest absolute Gasteiger partial charge is 0.350 e. The Labute approximate surface area is 139 Å². The van der Waals surface area contributed by atoms with E-state index in [-0.39, 0.29) is 12.6 Å². The summed E-state index contributed by atoms with van der Waals surface area (Å²) in [6, 6.07) is 5.95. The van der Waals surface area contributed by atoms with Crippen LogP contribution >= 0.6 is 11.3 Å². The SMILES string of the molecule is CCOC(=O)c1sc(=Nc2cccc(C)c2C)n(CCO)c1C. The van der Waals surface area contributed by atoms with E-state index in [1.54, 1.807) is 6.92 Å². The third-order valence-corrected chi connectivity index (χ3v) is 4.89. The average molecular weight is 334 g/mol. The fourth-order valence-corrected chi connectivity index (χ4v) is 3.34. The van der Waals surface area contributed by atoms with Gasteiger partial charge in [0.05, 0.1) is 18.9 Å². The molecule has 2 aromatic rings. The number of rotatable bonds is 5. The number of ether oxygens (including phenoxy) is 1. The molecule has 0 unspecified atom stereocenters. The highest BCUT2D eigenvalue weighted by molar-refractivity contribution is 7.11. The minimum absolute atomic E-state index is 0.0141. The van der Waals surface area contributed by atoms with Crippen LogP contribution in [0.25, 0.3) is 0 Å². The average Bonchev–Trinajstić information content (AvgIpc) is 2.82. The number of hydrogen-bond acceptors (Lipinski definition) is 5.